The van der Waals surface area contributed by atoms with Gasteiger partial charge in [-0.15, -0.1) is 0 Å². The van der Waals surface area contributed by atoms with Crippen LogP contribution in [0.15, 0.2) is 29.2 Å². The number of rotatable bonds is 6. The van der Waals surface area contributed by atoms with Crippen LogP contribution in [0.1, 0.15) is 56.7 Å². The van der Waals surface area contributed by atoms with Crippen LogP contribution in [0.2, 0.25) is 0 Å². The first-order valence-electron chi connectivity index (χ1n) is 13.1. The molecule has 10 heteroatoms. The number of hydrogen-bond donors (Lipinski definition) is 1. The van der Waals surface area contributed by atoms with Crippen molar-refractivity contribution in [3.63, 3.8) is 0 Å². The Balaban J connectivity index is 1.52. The predicted octanol–water partition coefficient (Wildman–Crippen LogP) is 2.85. The van der Waals surface area contributed by atoms with Crippen molar-refractivity contribution in [3.05, 3.63) is 52.0 Å². The zero-order valence-corrected chi connectivity index (χ0v) is 22.5. The molecule has 10 nitrogen and oxygen atoms in total. The maximum Gasteiger partial charge on any atom is 0.350 e. The third kappa shape index (κ3) is 4.27. The van der Waals surface area contributed by atoms with E-state index in [9.17, 15) is 9.90 Å². The first kappa shape index (κ1) is 25.3. The molecular weight excluding hydrogens is 468 g/mol. The molecule has 5 rings (SSSR count). The fourth-order valence-corrected chi connectivity index (χ4v) is 5.71. The largest absolute Gasteiger partial charge is 0.388 e. The second kappa shape index (κ2) is 9.83. The molecule has 196 valence electrons. The molecule has 0 aliphatic carbocycles. The van der Waals surface area contributed by atoms with Gasteiger partial charge in [0.1, 0.15) is 23.6 Å². The van der Waals surface area contributed by atoms with E-state index in [4.69, 9.17) is 4.98 Å². The van der Waals surface area contributed by atoms with Crippen LogP contribution >= 0.6 is 0 Å². The molecule has 3 aromatic heterocycles. The van der Waals surface area contributed by atoms with E-state index in [0.717, 1.165) is 42.7 Å². The van der Waals surface area contributed by atoms with Crippen LogP contribution in [-0.2, 0) is 20.7 Å². The molecule has 1 N–H and O–H groups in total. The summed E-state index contributed by atoms with van der Waals surface area (Å²) in [6, 6.07) is 7.00. The number of nitrogens with zero attached hydrogens (tertiary/aromatic N) is 8. The molecule has 1 unspecified atom stereocenters. The average Bonchev–Trinajstić information content (AvgIpc) is 3.25. The van der Waals surface area contributed by atoms with Gasteiger partial charge in [0.2, 0.25) is 0 Å². The molecule has 4 heterocycles. The first-order valence-corrected chi connectivity index (χ1v) is 13.1. The Hall–Kier alpha value is -3.37. The SMILES string of the molecule is CC[C@H]1CN(C(C)c2ccc3ncc(C)nc3c2)[C@H](CC)CN1c1nc(=O)n(C)c2c1nc(CO)n2C. The first-order chi connectivity index (χ1) is 17.8. The maximum atomic E-state index is 12.9. The van der Waals surface area contributed by atoms with Crippen molar-refractivity contribution in [3.8, 4) is 0 Å². The van der Waals surface area contributed by atoms with Crippen molar-refractivity contribution in [2.24, 2.45) is 14.1 Å². The van der Waals surface area contributed by atoms with Gasteiger partial charge in [-0.1, -0.05) is 19.9 Å². The lowest BCUT2D eigenvalue weighted by Gasteiger charge is -2.49. The van der Waals surface area contributed by atoms with Gasteiger partial charge in [-0.25, -0.2) is 14.8 Å². The summed E-state index contributed by atoms with van der Waals surface area (Å²) in [5.74, 6) is 1.13. The maximum absolute atomic E-state index is 12.9. The second-order valence-corrected chi connectivity index (χ2v) is 10.1. The van der Waals surface area contributed by atoms with Crippen molar-refractivity contribution < 1.29 is 5.11 Å². The summed E-state index contributed by atoms with van der Waals surface area (Å²) in [5.41, 5.74) is 4.97. The lowest BCUT2D eigenvalue weighted by molar-refractivity contribution is 0.101. The highest BCUT2D eigenvalue weighted by Gasteiger charge is 2.37. The Morgan fingerprint density at radius 2 is 1.78 bits per heavy atom. The summed E-state index contributed by atoms with van der Waals surface area (Å²) < 4.78 is 3.29. The highest BCUT2D eigenvalue weighted by Crippen LogP contribution is 2.34. The number of aromatic nitrogens is 6. The van der Waals surface area contributed by atoms with E-state index in [1.54, 1.807) is 17.8 Å². The van der Waals surface area contributed by atoms with E-state index in [1.807, 2.05) is 14.0 Å². The predicted molar refractivity (Wildman–Crippen MR) is 145 cm³/mol. The molecule has 1 aliphatic heterocycles. The number of aliphatic hydroxyl groups is 1. The van der Waals surface area contributed by atoms with Crippen LogP contribution in [0, 0.1) is 6.92 Å². The fourth-order valence-electron chi connectivity index (χ4n) is 5.71. The summed E-state index contributed by atoms with van der Waals surface area (Å²) in [6.07, 6.45) is 3.67. The molecule has 37 heavy (non-hydrogen) atoms. The number of aryl methyl sites for hydroxylation is 3. The summed E-state index contributed by atoms with van der Waals surface area (Å²) in [4.78, 5) is 36.1. The molecule has 1 fully saturated rings. The fraction of sp³-hybridized carbons (Fsp3) is 0.519. The minimum Gasteiger partial charge on any atom is -0.388 e. The Morgan fingerprint density at radius 3 is 2.49 bits per heavy atom. The van der Waals surface area contributed by atoms with Crippen LogP contribution < -0.4 is 10.6 Å². The van der Waals surface area contributed by atoms with Crippen molar-refractivity contribution in [1.82, 2.24) is 34.0 Å². The van der Waals surface area contributed by atoms with Gasteiger partial charge in [-0.2, -0.15) is 4.98 Å². The van der Waals surface area contributed by atoms with E-state index in [1.165, 1.54) is 10.1 Å². The highest BCUT2D eigenvalue weighted by atomic mass is 16.3. The number of fused-ring (bicyclic) bond motifs is 2. The van der Waals surface area contributed by atoms with Gasteiger partial charge in [0.05, 0.1) is 16.7 Å². The quantitative estimate of drug-likeness (QED) is 0.427. The van der Waals surface area contributed by atoms with Crippen LogP contribution in [-0.4, -0.2) is 64.2 Å². The molecule has 0 radical (unpaired) electrons. The van der Waals surface area contributed by atoms with E-state index in [-0.39, 0.29) is 30.4 Å². The number of piperazine rings is 1. The number of anilines is 1. The Morgan fingerprint density at radius 1 is 1.03 bits per heavy atom. The van der Waals surface area contributed by atoms with Crippen molar-refractivity contribution >= 4 is 28.0 Å². The molecule has 3 atom stereocenters. The molecule has 1 aromatic carbocycles. The minimum atomic E-state index is -0.318. The highest BCUT2D eigenvalue weighted by molar-refractivity contribution is 5.84. The summed E-state index contributed by atoms with van der Waals surface area (Å²) >= 11 is 0. The topological polar surface area (TPSA) is 105 Å². The third-order valence-corrected chi connectivity index (χ3v) is 7.94. The van der Waals surface area contributed by atoms with Gasteiger partial charge in [-0.3, -0.25) is 14.5 Å². The molecule has 0 saturated carbocycles. The zero-order chi connectivity index (χ0) is 26.4. The van der Waals surface area contributed by atoms with Crippen LogP contribution in [0.25, 0.3) is 22.2 Å². The van der Waals surface area contributed by atoms with Gasteiger partial charge in [0.15, 0.2) is 5.82 Å². The normalized spacial score (nSPS) is 19.7. The van der Waals surface area contributed by atoms with E-state index >= 15 is 0 Å². The number of imidazole rings is 1. The third-order valence-electron chi connectivity index (χ3n) is 7.94. The molecule has 4 aromatic rings. The monoisotopic (exact) mass is 504 g/mol. The number of hydrogen-bond acceptors (Lipinski definition) is 8. The average molecular weight is 505 g/mol. The molecule has 1 saturated heterocycles. The Labute approximate surface area is 216 Å². The minimum absolute atomic E-state index is 0.162. The van der Waals surface area contributed by atoms with Crippen LogP contribution in [0.4, 0.5) is 5.82 Å². The van der Waals surface area contributed by atoms with Crippen molar-refractivity contribution in [2.45, 2.75) is 65.3 Å². The molecule has 1 aliphatic rings. The zero-order valence-electron chi connectivity index (χ0n) is 22.5. The van der Waals surface area contributed by atoms with Gasteiger partial charge in [-0.05, 0) is 44.4 Å². The van der Waals surface area contributed by atoms with Gasteiger partial charge < -0.3 is 14.6 Å². The molecule has 0 spiro atoms. The lowest BCUT2D eigenvalue weighted by atomic mass is 9.97. The van der Waals surface area contributed by atoms with Crippen LogP contribution in [0.3, 0.4) is 0 Å². The standard InChI is InChI=1S/C27H36N8O2/c1-7-19-14-35(25-24-26(33(6)27(37)31-25)32(5)23(15-36)30-24)20(8-2)13-34(19)17(4)18-9-10-21-22(11-18)29-16(3)12-28-21/h9-12,17,19-20,36H,7-8,13-15H2,1-6H3/t17?,19-,20+/m1/s1. The summed E-state index contributed by atoms with van der Waals surface area (Å²) in [5, 5.41) is 9.82. The number of benzene rings is 1. The summed E-state index contributed by atoms with van der Waals surface area (Å²) in [6.45, 7) is 10.00. The van der Waals surface area contributed by atoms with E-state index in [0.29, 0.717) is 22.8 Å². The van der Waals surface area contributed by atoms with Crippen molar-refractivity contribution in [1.29, 1.82) is 0 Å². The van der Waals surface area contributed by atoms with Gasteiger partial charge >= 0.3 is 5.69 Å². The van der Waals surface area contributed by atoms with E-state index in [2.05, 4.69) is 63.7 Å². The van der Waals surface area contributed by atoms with Crippen molar-refractivity contribution in [2.75, 3.05) is 18.0 Å². The smallest absolute Gasteiger partial charge is 0.350 e. The van der Waals surface area contributed by atoms with Gasteiger partial charge in [0, 0.05) is 51.5 Å². The lowest BCUT2D eigenvalue weighted by Crippen LogP contribution is -2.59. The Kier molecular flexibility index (Phi) is 6.72. The molecular formula is C27H36N8O2. The van der Waals surface area contributed by atoms with Gasteiger partial charge in [0.25, 0.3) is 0 Å². The molecule has 0 amide bonds. The molecule has 0 bridgehead atoms. The van der Waals surface area contributed by atoms with E-state index < -0.39 is 0 Å². The summed E-state index contributed by atoms with van der Waals surface area (Å²) in [7, 11) is 3.52. The second-order valence-electron chi connectivity index (χ2n) is 10.1. The number of aliphatic hydroxyl groups excluding tert-OH is 1. The van der Waals surface area contributed by atoms with Crippen LogP contribution in [0.5, 0.6) is 0 Å². The Bertz CT molecular complexity index is 1510.